The second-order valence-corrected chi connectivity index (χ2v) is 7.02. The summed E-state index contributed by atoms with van der Waals surface area (Å²) in [6.45, 7) is 0. The molecule has 4 atom stereocenters. The summed E-state index contributed by atoms with van der Waals surface area (Å²) < 4.78 is 0. The van der Waals surface area contributed by atoms with Crippen molar-refractivity contribution in [3.8, 4) is 0 Å². The molecule has 0 heterocycles. The lowest BCUT2D eigenvalue weighted by atomic mass is 9.85. The van der Waals surface area contributed by atoms with E-state index in [9.17, 15) is 20.4 Å². The van der Waals surface area contributed by atoms with Gasteiger partial charge < -0.3 is 20.4 Å². The molecule has 3 aromatic carbocycles. The van der Waals surface area contributed by atoms with Gasteiger partial charge in [0.1, 0.15) is 24.4 Å². The maximum absolute atomic E-state index is 10.3. The van der Waals surface area contributed by atoms with E-state index in [1.807, 2.05) is 36.4 Å². The first kappa shape index (κ1) is 15.7. The molecule has 0 aliphatic heterocycles. The van der Waals surface area contributed by atoms with Crippen LogP contribution < -0.4 is 0 Å². The zero-order valence-electron chi connectivity index (χ0n) is 13.9. The first-order valence-corrected chi connectivity index (χ1v) is 8.66. The van der Waals surface area contributed by atoms with Crippen molar-refractivity contribution in [1.82, 2.24) is 0 Å². The van der Waals surface area contributed by atoms with Crippen molar-refractivity contribution in [2.24, 2.45) is 0 Å². The molecule has 0 saturated carbocycles. The number of hydrogen-bond donors (Lipinski definition) is 4. The van der Waals surface area contributed by atoms with Gasteiger partial charge in [0.25, 0.3) is 0 Å². The summed E-state index contributed by atoms with van der Waals surface area (Å²) in [6, 6.07) is 11.7. The number of hydrogen-bond acceptors (Lipinski definition) is 4. The highest BCUT2D eigenvalue weighted by Gasteiger charge is 2.25. The van der Waals surface area contributed by atoms with Gasteiger partial charge in [0, 0.05) is 0 Å². The van der Waals surface area contributed by atoms with Gasteiger partial charge in [-0.3, -0.25) is 0 Å². The van der Waals surface area contributed by atoms with Crippen LogP contribution in [0.2, 0.25) is 0 Å². The zero-order valence-corrected chi connectivity index (χ0v) is 13.9. The lowest BCUT2D eigenvalue weighted by Crippen LogP contribution is -2.19. The molecule has 0 spiro atoms. The van der Waals surface area contributed by atoms with Crippen LogP contribution in [-0.2, 0) is 0 Å². The van der Waals surface area contributed by atoms with Crippen LogP contribution in [0.1, 0.15) is 34.5 Å². The molecule has 26 heavy (non-hydrogen) atoms. The third-order valence-electron chi connectivity index (χ3n) is 5.51. The van der Waals surface area contributed by atoms with E-state index in [4.69, 9.17) is 0 Å². The largest absolute Gasteiger partial charge is 0.386 e. The Morgan fingerprint density at radius 3 is 1.42 bits per heavy atom. The van der Waals surface area contributed by atoms with Crippen LogP contribution in [0, 0.1) is 0 Å². The molecular weight excluding hydrogens is 328 g/mol. The number of fused-ring (bicyclic) bond motifs is 6. The lowest BCUT2D eigenvalue weighted by molar-refractivity contribution is 0.0471. The van der Waals surface area contributed by atoms with Crippen LogP contribution in [0.15, 0.2) is 48.6 Å². The van der Waals surface area contributed by atoms with E-state index in [0.29, 0.717) is 0 Å². The molecule has 2 aliphatic rings. The van der Waals surface area contributed by atoms with Crippen molar-refractivity contribution in [3.05, 3.63) is 70.8 Å². The number of aliphatic hydroxyl groups is 4. The highest BCUT2D eigenvalue weighted by molar-refractivity contribution is 6.05. The quantitative estimate of drug-likeness (QED) is 0.472. The summed E-state index contributed by atoms with van der Waals surface area (Å²) in [5.41, 5.74) is 3.29. The maximum atomic E-state index is 10.3. The Balaban J connectivity index is 1.81. The lowest BCUT2D eigenvalue weighted by Gasteiger charge is -2.24. The first-order valence-electron chi connectivity index (χ1n) is 8.66. The molecule has 0 amide bonds. The molecule has 0 fully saturated rings. The topological polar surface area (TPSA) is 80.9 Å². The summed E-state index contributed by atoms with van der Waals surface area (Å²) in [7, 11) is 0. The molecule has 4 N–H and O–H groups in total. The van der Waals surface area contributed by atoms with E-state index in [2.05, 4.69) is 12.1 Å². The molecular formula is C22H18O4. The number of aliphatic hydroxyl groups excluding tert-OH is 4. The van der Waals surface area contributed by atoms with E-state index in [1.54, 1.807) is 12.2 Å². The Labute approximate surface area is 150 Å². The summed E-state index contributed by atoms with van der Waals surface area (Å²) in [5, 5.41) is 44.3. The Morgan fingerprint density at radius 2 is 1.00 bits per heavy atom. The Hall–Kier alpha value is -2.50. The van der Waals surface area contributed by atoms with E-state index in [0.717, 1.165) is 43.8 Å². The minimum atomic E-state index is -0.918. The van der Waals surface area contributed by atoms with Gasteiger partial charge in [0.2, 0.25) is 0 Å². The van der Waals surface area contributed by atoms with Gasteiger partial charge in [-0.25, -0.2) is 0 Å². The fourth-order valence-electron chi connectivity index (χ4n) is 4.08. The average Bonchev–Trinajstić information content (AvgIpc) is 2.65. The Morgan fingerprint density at radius 1 is 0.577 bits per heavy atom. The van der Waals surface area contributed by atoms with Gasteiger partial charge in [0.15, 0.2) is 0 Å². The molecule has 2 aliphatic carbocycles. The summed E-state index contributed by atoms with van der Waals surface area (Å²) in [6.07, 6.45) is 3.35. The predicted molar refractivity (Wildman–Crippen MR) is 101 cm³/mol. The second kappa shape index (κ2) is 5.50. The zero-order chi connectivity index (χ0) is 18.0. The fraction of sp³-hybridized carbons (Fsp3) is 0.182. The molecule has 0 unspecified atom stereocenters. The molecule has 5 rings (SSSR count). The molecule has 0 saturated heterocycles. The molecule has 0 radical (unpaired) electrons. The van der Waals surface area contributed by atoms with E-state index in [-0.39, 0.29) is 0 Å². The molecule has 3 aromatic rings. The van der Waals surface area contributed by atoms with Crippen LogP contribution in [0.3, 0.4) is 0 Å². The molecule has 0 aromatic heterocycles. The van der Waals surface area contributed by atoms with Crippen molar-refractivity contribution in [3.63, 3.8) is 0 Å². The van der Waals surface area contributed by atoms with Gasteiger partial charge >= 0.3 is 0 Å². The van der Waals surface area contributed by atoms with Crippen molar-refractivity contribution < 1.29 is 20.4 Å². The standard InChI is InChI=1S/C22H18O4/c23-19-7-5-13-15(21(19)25)3-1-11-9-18-12(10-17(11)13)2-4-16-14(18)6-8-20(24)22(16)26/h1-10,19-26H/t19-,20-,21-,22+/m1/s1. The van der Waals surface area contributed by atoms with Crippen LogP contribution in [0.4, 0.5) is 0 Å². The van der Waals surface area contributed by atoms with Crippen molar-refractivity contribution in [2.45, 2.75) is 24.4 Å². The van der Waals surface area contributed by atoms with Crippen molar-refractivity contribution in [1.29, 1.82) is 0 Å². The predicted octanol–water partition coefficient (Wildman–Crippen LogP) is 2.84. The fourth-order valence-corrected chi connectivity index (χ4v) is 4.08. The number of rotatable bonds is 0. The average molecular weight is 346 g/mol. The highest BCUT2D eigenvalue weighted by atomic mass is 16.3. The highest BCUT2D eigenvalue weighted by Crippen LogP contribution is 2.38. The van der Waals surface area contributed by atoms with E-state index in [1.165, 1.54) is 0 Å². The van der Waals surface area contributed by atoms with Crippen LogP contribution in [-0.4, -0.2) is 32.6 Å². The van der Waals surface area contributed by atoms with Gasteiger partial charge in [-0.05, 0) is 55.9 Å². The first-order chi connectivity index (χ1) is 12.5. The summed E-state index contributed by atoms with van der Waals surface area (Å²) in [5.74, 6) is 0. The maximum Gasteiger partial charge on any atom is 0.109 e. The second-order valence-electron chi connectivity index (χ2n) is 7.02. The Kier molecular flexibility index (Phi) is 3.33. The third kappa shape index (κ3) is 2.11. The minimum absolute atomic E-state index is 0.725. The molecule has 4 heteroatoms. The summed E-state index contributed by atoms with van der Waals surface area (Å²) >= 11 is 0. The third-order valence-corrected chi connectivity index (χ3v) is 5.51. The van der Waals surface area contributed by atoms with Gasteiger partial charge in [-0.15, -0.1) is 0 Å². The molecule has 4 nitrogen and oxygen atoms in total. The van der Waals surface area contributed by atoms with Crippen LogP contribution in [0.25, 0.3) is 33.7 Å². The van der Waals surface area contributed by atoms with Crippen LogP contribution >= 0.6 is 0 Å². The van der Waals surface area contributed by atoms with Gasteiger partial charge in [-0.2, -0.15) is 0 Å². The number of benzene rings is 3. The molecule has 0 bridgehead atoms. The van der Waals surface area contributed by atoms with E-state index >= 15 is 0 Å². The van der Waals surface area contributed by atoms with Crippen molar-refractivity contribution in [2.75, 3.05) is 0 Å². The Bertz CT molecular complexity index is 1020. The molecule has 130 valence electrons. The summed E-state index contributed by atoms with van der Waals surface area (Å²) in [4.78, 5) is 0. The monoisotopic (exact) mass is 346 g/mol. The van der Waals surface area contributed by atoms with Crippen molar-refractivity contribution >= 4 is 33.7 Å². The van der Waals surface area contributed by atoms with Crippen LogP contribution in [0.5, 0.6) is 0 Å². The SMILES string of the molecule is O[C@@H]1C=Cc2c(ccc3cc4c5c(ccc4cc23)[C@H](O)[C@H](O)C=C5)[C@H]1O. The van der Waals surface area contributed by atoms with Gasteiger partial charge in [0.05, 0.1) is 0 Å². The van der Waals surface area contributed by atoms with E-state index < -0.39 is 24.4 Å². The normalized spacial score (nSPS) is 26.9. The minimum Gasteiger partial charge on any atom is -0.386 e. The smallest absolute Gasteiger partial charge is 0.109 e. The van der Waals surface area contributed by atoms with Gasteiger partial charge in [-0.1, -0.05) is 48.6 Å².